The number of hydrogen-bond donors (Lipinski definition) is 1. The van der Waals surface area contributed by atoms with E-state index < -0.39 is 11.4 Å². The molecule has 1 N–H and O–H groups in total. The number of hydrogen-bond acceptors (Lipinski definition) is 5. The van der Waals surface area contributed by atoms with Gasteiger partial charge in [-0.3, -0.25) is 4.79 Å². The number of Topliss-reactive ketones (excluding diaryl/α,β-unsaturated/α-hetero) is 1. The summed E-state index contributed by atoms with van der Waals surface area (Å²) in [6.45, 7) is 3.47. The average molecular weight is 452 g/mol. The fraction of sp³-hybridized carbons (Fsp3) is 0.679. The molecule has 5 nitrogen and oxygen atoms in total. The van der Waals surface area contributed by atoms with Crippen LogP contribution >= 0.6 is 0 Å². The Labute approximate surface area is 197 Å². The van der Waals surface area contributed by atoms with Crippen LogP contribution in [0.15, 0.2) is 35.4 Å². The van der Waals surface area contributed by atoms with Crippen molar-refractivity contribution in [3.63, 3.8) is 0 Å². The number of rotatable bonds is 2. The van der Waals surface area contributed by atoms with Crippen molar-refractivity contribution in [3.8, 4) is 0 Å². The van der Waals surface area contributed by atoms with Crippen LogP contribution in [0, 0.1) is 17.3 Å². The molecule has 0 amide bonds. The number of anilines is 1. The molecule has 1 heterocycles. The standard InChI is InChI=1S/C28H37NO4/c1-26-16-21(18-4-6-19(7-5-18)29(2)3)25-20(22(26)8-9-24(26)30)10-12-27(31)17-28(13-11-23(25)27)32-14-15-33-28/h4-7,20-22,31H,8-17H2,1-3H3/t20-,21+,22-,26-,27+/m1/s1. The minimum atomic E-state index is -0.855. The molecule has 33 heavy (non-hydrogen) atoms. The molecule has 1 aliphatic heterocycles. The highest BCUT2D eigenvalue weighted by Crippen LogP contribution is 2.64. The second kappa shape index (κ2) is 7.40. The highest BCUT2D eigenvalue weighted by Gasteiger charge is 2.60. The predicted molar refractivity (Wildman–Crippen MR) is 127 cm³/mol. The monoisotopic (exact) mass is 451 g/mol. The van der Waals surface area contributed by atoms with E-state index in [0.29, 0.717) is 43.7 Å². The average Bonchev–Trinajstić information content (AvgIpc) is 3.36. The van der Waals surface area contributed by atoms with E-state index in [-0.39, 0.29) is 11.3 Å². The Morgan fingerprint density at radius 1 is 1.03 bits per heavy atom. The molecular formula is C28H37NO4. The normalized spacial score (nSPS) is 39.4. The third kappa shape index (κ3) is 3.19. The van der Waals surface area contributed by atoms with Gasteiger partial charge in [0.2, 0.25) is 0 Å². The molecule has 1 aromatic rings. The van der Waals surface area contributed by atoms with Crippen molar-refractivity contribution >= 4 is 11.5 Å². The molecule has 4 aliphatic carbocycles. The van der Waals surface area contributed by atoms with E-state index >= 15 is 0 Å². The van der Waals surface area contributed by atoms with Crippen molar-refractivity contribution in [2.24, 2.45) is 17.3 Å². The van der Waals surface area contributed by atoms with E-state index in [0.717, 1.165) is 38.5 Å². The van der Waals surface area contributed by atoms with E-state index in [2.05, 4.69) is 50.2 Å². The zero-order valence-electron chi connectivity index (χ0n) is 20.2. The summed E-state index contributed by atoms with van der Waals surface area (Å²) in [5, 5.41) is 12.0. The van der Waals surface area contributed by atoms with E-state index in [4.69, 9.17) is 9.47 Å². The van der Waals surface area contributed by atoms with Gasteiger partial charge in [-0.2, -0.15) is 0 Å². The molecule has 1 spiro atoms. The number of ether oxygens (including phenoxy) is 2. The maximum atomic E-state index is 13.1. The van der Waals surface area contributed by atoms with Crippen LogP contribution < -0.4 is 4.90 Å². The Balaban J connectivity index is 1.46. The van der Waals surface area contributed by atoms with Gasteiger partial charge in [-0.15, -0.1) is 0 Å². The first-order valence-corrected chi connectivity index (χ1v) is 12.8. The zero-order chi connectivity index (χ0) is 23.0. The summed E-state index contributed by atoms with van der Waals surface area (Å²) in [4.78, 5) is 15.3. The van der Waals surface area contributed by atoms with Crippen molar-refractivity contribution in [1.29, 1.82) is 0 Å². The summed E-state index contributed by atoms with van der Waals surface area (Å²) in [6.07, 6.45) is 6.45. The zero-order valence-corrected chi connectivity index (χ0v) is 20.2. The summed E-state index contributed by atoms with van der Waals surface area (Å²) < 4.78 is 12.0. The lowest BCUT2D eigenvalue weighted by Gasteiger charge is -2.55. The molecule has 3 saturated carbocycles. The highest BCUT2D eigenvalue weighted by atomic mass is 16.7. The first-order valence-electron chi connectivity index (χ1n) is 12.8. The summed E-state index contributed by atoms with van der Waals surface area (Å²) in [6, 6.07) is 8.86. The van der Waals surface area contributed by atoms with Crippen LogP contribution in [0.25, 0.3) is 0 Å². The molecule has 0 aromatic heterocycles. The molecule has 5 aliphatic rings. The van der Waals surface area contributed by atoms with Gasteiger partial charge in [0, 0.05) is 50.4 Å². The fourth-order valence-electron chi connectivity index (χ4n) is 8.09. The Kier molecular flexibility index (Phi) is 4.89. The van der Waals surface area contributed by atoms with Gasteiger partial charge < -0.3 is 19.5 Å². The number of nitrogens with zero attached hydrogens (tertiary/aromatic N) is 1. The van der Waals surface area contributed by atoms with Gasteiger partial charge in [-0.1, -0.05) is 24.6 Å². The van der Waals surface area contributed by atoms with E-state index in [1.807, 2.05) is 0 Å². The number of carbonyl (C=O) groups is 1. The SMILES string of the molecule is CN(C)c1ccc([C@@H]2C[C@@]3(C)C(=O)CC[C@@H]3[C@H]3CC[C@]4(O)CC5(CCC4=C23)OCCO5)cc1. The Bertz CT molecular complexity index is 992. The van der Waals surface area contributed by atoms with Gasteiger partial charge in [0.15, 0.2) is 5.79 Å². The van der Waals surface area contributed by atoms with E-state index in [1.54, 1.807) is 0 Å². The largest absolute Gasteiger partial charge is 0.385 e. The second-order valence-corrected chi connectivity index (χ2v) is 11.6. The molecule has 178 valence electrons. The summed E-state index contributed by atoms with van der Waals surface area (Å²) >= 11 is 0. The minimum Gasteiger partial charge on any atom is -0.385 e. The van der Waals surface area contributed by atoms with Crippen molar-refractivity contribution < 1.29 is 19.4 Å². The third-order valence-electron chi connectivity index (χ3n) is 9.75. The molecule has 5 heteroatoms. The fourth-order valence-corrected chi connectivity index (χ4v) is 8.09. The molecule has 0 bridgehead atoms. The van der Waals surface area contributed by atoms with Gasteiger partial charge in [0.1, 0.15) is 5.78 Å². The van der Waals surface area contributed by atoms with Crippen molar-refractivity contribution in [2.45, 2.75) is 75.6 Å². The smallest absolute Gasteiger partial charge is 0.171 e. The molecular weight excluding hydrogens is 414 g/mol. The van der Waals surface area contributed by atoms with Crippen LogP contribution in [-0.4, -0.2) is 49.6 Å². The quantitative estimate of drug-likeness (QED) is 0.667. The van der Waals surface area contributed by atoms with Crippen LogP contribution in [0.5, 0.6) is 0 Å². The Hall–Kier alpha value is -1.69. The lowest BCUT2D eigenvalue weighted by atomic mass is 9.51. The molecule has 1 aromatic carbocycles. The van der Waals surface area contributed by atoms with Crippen molar-refractivity contribution in [3.05, 3.63) is 41.0 Å². The minimum absolute atomic E-state index is 0.191. The summed E-state index contributed by atoms with van der Waals surface area (Å²) in [7, 11) is 4.12. The molecule has 5 atom stereocenters. The van der Waals surface area contributed by atoms with Crippen LogP contribution in [0.2, 0.25) is 0 Å². The Morgan fingerprint density at radius 2 is 1.76 bits per heavy atom. The number of ketones is 1. The van der Waals surface area contributed by atoms with Gasteiger partial charge >= 0.3 is 0 Å². The molecule has 1 saturated heterocycles. The van der Waals surface area contributed by atoms with Gasteiger partial charge in [0.05, 0.1) is 18.8 Å². The van der Waals surface area contributed by atoms with Gasteiger partial charge in [-0.25, -0.2) is 0 Å². The topological polar surface area (TPSA) is 59.0 Å². The maximum Gasteiger partial charge on any atom is 0.171 e. The Morgan fingerprint density at radius 3 is 2.45 bits per heavy atom. The second-order valence-electron chi connectivity index (χ2n) is 11.6. The van der Waals surface area contributed by atoms with Crippen molar-refractivity contribution in [2.75, 3.05) is 32.2 Å². The lowest BCUT2D eigenvalue weighted by Crippen LogP contribution is -2.53. The van der Waals surface area contributed by atoms with Gasteiger partial charge in [0.25, 0.3) is 0 Å². The number of benzene rings is 1. The van der Waals surface area contributed by atoms with Crippen LogP contribution in [-0.2, 0) is 14.3 Å². The summed E-state index contributed by atoms with van der Waals surface area (Å²) in [5.41, 5.74) is 4.05. The number of fused-ring (bicyclic) bond motifs is 4. The predicted octanol–water partition coefficient (Wildman–Crippen LogP) is 4.59. The number of carbonyl (C=O) groups excluding carboxylic acids is 1. The maximum absolute atomic E-state index is 13.1. The van der Waals surface area contributed by atoms with E-state index in [1.165, 1.54) is 22.4 Å². The van der Waals surface area contributed by atoms with Crippen LogP contribution in [0.4, 0.5) is 5.69 Å². The number of aliphatic hydroxyl groups is 1. The first kappa shape index (κ1) is 21.8. The van der Waals surface area contributed by atoms with Crippen LogP contribution in [0.3, 0.4) is 0 Å². The third-order valence-corrected chi connectivity index (χ3v) is 9.75. The van der Waals surface area contributed by atoms with Gasteiger partial charge in [-0.05, 0) is 67.2 Å². The summed E-state index contributed by atoms with van der Waals surface area (Å²) in [5.74, 6) is 0.826. The highest BCUT2D eigenvalue weighted by molar-refractivity contribution is 5.87. The first-order chi connectivity index (χ1) is 15.7. The lowest BCUT2D eigenvalue weighted by molar-refractivity contribution is -0.208. The number of allylic oxidation sites excluding steroid dienone is 1. The molecule has 4 fully saturated rings. The molecule has 0 unspecified atom stereocenters. The van der Waals surface area contributed by atoms with Crippen molar-refractivity contribution in [1.82, 2.24) is 0 Å². The van der Waals surface area contributed by atoms with E-state index in [9.17, 15) is 9.90 Å². The molecule has 0 radical (unpaired) electrons. The molecule has 6 rings (SSSR count). The van der Waals surface area contributed by atoms with Crippen LogP contribution in [0.1, 0.15) is 69.8 Å².